The first-order valence-electron chi connectivity index (χ1n) is 10.2. The highest BCUT2D eigenvalue weighted by Gasteiger charge is 2.20. The number of para-hydroxylation sites is 1. The van der Waals surface area contributed by atoms with Crippen molar-refractivity contribution in [3.63, 3.8) is 0 Å². The minimum atomic E-state index is -0.637. The van der Waals surface area contributed by atoms with Gasteiger partial charge in [0.15, 0.2) is 16.6 Å². The maximum Gasteiger partial charge on any atom is 0.338 e. The molecule has 3 aromatic heterocycles. The molecular weight excluding hydrogens is 440 g/mol. The molecule has 4 rings (SSSR count). The first kappa shape index (κ1) is 22.5. The van der Waals surface area contributed by atoms with Crippen LogP contribution in [0, 0.1) is 20.8 Å². The third kappa shape index (κ3) is 4.31. The normalized spacial score (nSPS) is 11.0. The third-order valence-corrected chi connectivity index (χ3v) is 6.15. The molecule has 8 nitrogen and oxygen atoms in total. The predicted molar refractivity (Wildman–Crippen MR) is 127 cm³/mol. The molecule has 0 bridgehead atoms. The van der Waals surface area contributed by atoms with Gasteiger partial charge in [-0.15, -0.1) is 0 Å². The second-order valence-corrected chi connectivity index (χ2v) is 8.50. The Kier molecular flexibility index (Phi) is 6.15. The van der Waals surface area contributed by atoms with E-state index in [0.29, 0.717) is 11.3 Å². The number of ether oxygens (including phenoxy) is 1. The summed E-state index contributed by atoms with van der Waals surface area (Å²) in [4.78, 5) is 49.0. The Morgan fingerprint density at radius 2 is 1.79 bits per heavy atom. The summed E-state index contributed by atoms with van der Waals surface area (Å²) in [5, 5.41) is 0.321. The molecule has 4 aromatic rings. The molecular formula is C24H22N4O4S. The zero-order chi connectivity index (χ0) is 23.7. The number of nitrogens with zero attached hydrogens (tertiary/aromatic N) is 3. The highest BCUT2D eigenvalue weighted by atomic mass is 32.2. The minimum Gasteiger partial charge on any atom is -0.465 e. The van der Waals surface area contributed by atoms with Gasteiger partial charge in [-0.05, 0) is 45.0 Å². The van der Waals surface area contributed by atoms with E-state index in [4.69, 9.17) is 4.74 Å². The van der Waals surface area contributed by atoms with Crippen molar-refractivity contribution in [3.05, 3.63) is 81.0 Å². The summed E-state index contributed by atoms with van der Waals surface area (Å²) in [6, 6.07) is 13.2. The molecule has 0 spiro atoms. The van der Waals surface area contributed by atoms with E-state index in [-0.39, 0.29) is 33.3 Å². The Bertz CT molecular complexity index is 1440. The van der Waals surface area contributed by atoms with Crippen LogP contribution in [-0.2, 0) is 4.74 Å². The Hall–Kier alpha value is -3.72. The van der Waals surface area contributed by atoms with Crippen LogP contribution in [0.5, 0.6) is 0 Å². The number of H-pyrrole nitrogens is 1. The maximum absolute atomic E-state index is 13.0. The summed E-state index contributed by atoms with van der Waals surface area (Å²) in [6.45, 7) is 5.57. The number of benzene rings is 1. The van der Waals surface area contributed by atoms with E-state index < -0.39 is 11.5 Å². The van der Waals surface area contributed by atoms with Crippen LogP contribution in [0.15, 0.2) is 52.4 Å². The summed E-state index contributed by atoms with van der Waals surface area (Å²) in [5.74, 6) is -0.629. The molecule has 0 saturated carbocycles. The average molecular weight is 463 g/mol. The van der Waals surface area contributed by atoms with E-state index in [1.807, 2.05) is 54.8 Å². The van der Waals surface area contributed by atoms with Gasteiger partial charge in [0.25, 0.3) is 5.56 Å². The summed E-state index contributed by atoms with van der Waals surface area (Å²) in [5.41, 5.74) is 3.68. The van der Waals surface area contributed by atoms with E-state index in [0.717, 1.165) is 28.8 Å². The van der Waals surface area contributed by atoms with E-state index in [1.165, 1.54) is 13.2 Å². The van der Waals surface area contributed by atoms with Gasteiger partial charge < -0.3 is 14.3 Å². The van der Waals surface area contributed by atoms with Crippen molar-refractivity contribution < 1.29 is 14.3 Å². The molecule has 0 atom stereocenters. The number of aromatic amines is 1. The molecule has 0 radical (unpaired) electrons. The van der Waals surface area contributed by atoms with E-state index in [9.17, 15) is 14.4 Å². The number of aryl methyl sites for hydroxylation is 2. The van der Waals surface area contributed by atoms with Gasteiger partial charge >= 0.3 is 5.97 Å². The lowest BCUT2D eigenvalue weighted by atomic mass is 10.1. The molecule has 0 unspecified atom stereocenters. The third-order valence-electron chi connectivity index (χ3n) is 5.27. The number of ketones is 1. The zero-order valence-corrected chi connectivity index (χ0v) is 19.4. The lowest BCUT2D eigenvalue weighted by Crippen LogP contribution is -2.16. The van der Waals surface area contributed by atoms with Crippen molar-refractivity contribution in [1.82, 2.24) is 19.5 Å². The summed E-state index contributed by atoms with van der Waals surface area (Å²) in [6.07, 6.45) is 0. The predicted octanol–water partition coefficient (Wildman–Crippen LogP) is 3.80. The lowest BCUT2D eigenvalue weighted by molar-refractivity contribution is 0.0602. The van der Waals surface area contributed by atoms with Crippen LogP contribution < -0.4 is 5.56 Å². The van der Waals surface area contributed by atoms with Crippen molar-refractivity contribution in [2.45, 2.75) is 25.9 Å². The van der Waals surface area contributed by atoms with Gasteiger partial charge in [0.05, 0.1) is 23.8 Å². The highest BCUT2D eigenvalue weighted by Crippen LogP contribution is 2.24. The Labute approximate surface area is 194 Å². The topological polar surface area (TPSA) is 107 Å². The molecule has 0 aliphatic rings. The van der Waals surface area contributed by atoms with Gasteiger partial charge in [0, 0.05) is 28.3 Å². The first-order chi connectivity index (χ1) is 15.8. The number of carbonyl (C=O) groups excluding carboxylic acids is 2. The quantitative estimate of drug-likeness (QED) is 0.201. The first-order valence-corrected chi connectivity index (χ1v) is 11.2. The second-order valence-electron chi connectivity index (χ2n) is 7.54. The standard InChI is InChI=1S/C24H22N4O4S/c1-13-10-18(23(31)32-4)20-21(25-13)26-24(27-22(20)30)33-12-19(29)17-11-14(2)28(15(17)3)16-8-6-5-7-9-16/h5-11H,12H2,1-4H3,(H,25,26,27,30). The van der Waals surface area contributed by atoms with Crippen LogP contribution in [0.2, 0.25) is 0 Å². The number of methoxy groups -OCH3 is 1. The van der Waals surface area contributed by atoms with Crippen LogP contribution in [0.1, 0.15) is 37.8 Å². The number of fused-ring (bicyclic) bond motifs is 1. The van der Waals surface area contributed by atoms with Crippen molar-refractivity contribution in [2.75, 3.05) is 12.9 Å². The second kappa shape index (κ2) is 9.03. The van der Waals surface area contributed by atoms with Crippen LogP contribution >= 0.6 is 11.8 Å². The number of Topliss-reactive ketones (excluding diaryl/α,β-unsaturated/α-hetero) is 1. The molecule has 168 valence electrons. The summed E-state index contributed by atoms with van der Waals surface area (Å²) in [7, 11) is 1.25. The fraction of sp³-hybridized carbons (Fsp3) is 0.208. The molecule has 33 heavy (non-hydrogen) atoms. The van der Waals surface area contributed by atoms with Gasteiger partial charge in [0.1, 0.15) is 0 Å². The lowest BCUT2D eigenvalue weighted by Gasteiger charge is -2.09. The summed E-state index contributed by atoms with van der Waals surface area (Å²) < 4.78 is 6.80. The maximum atomic E-state index is 13.0. The van der Waals surface area contributed by atoms with E-state index in [1.54, 1.807) is 6.92 Å². The fourth-order valence-corrected chi connectivity index (χ4v) is 4.55. The Morgan fingerprint density at radius 3 is 2.48 bits per heavy atom. The van der Waals surface area contributed by atoms with E-state index >= 15 is 0 Å². The minimum absolute atomic E-state index is 0.0644. The van der Waals surface area contributed by atoms with Crippen LogP contribution in [-0.4, -0.2) is 44.1 Å². The molecule has 1 N–H and O–H groups in total. The molecule has 0 amide bonds. The van der Waals surface area contributed by atoms with Gasteiger partial charge in [0.2, 0.25) is 0 Å². The number of thioether (sulfide) groups is 1. The van der Waals surface area contributed by atoms with Gasteiger partial charge in [-0.2, -0.15) is 0 Å². The Balaban J connectivity index is 1.61. The van der Waals surface area contributed by atoms with Crippen molar-refractivity contribution in [1.29, 1.82) is 0 Å². The van der Waals surface area contributed by atoms with Gasteiger partial charge in [-0.3, -0.25) is 9.59 Å². The molecule has 9 heteroatoms. The zero-order valence-electron chi connectivity index (χ0n) is 18.6. The van der Waals surface area contributed by atoms with Crippen LogP contribution in [0.25, 0.3) is 16.7 Å². The largest absolute Gasteiger partial charge is 0.465 e. The molecule has 0 aliphatic heterocycles. The average Bonchev–Trinajstić information content (AvgIpc) is 3.10. The number of carbonyl (C=O) groups is 2. The number of esters is 1. The van der Waals surface area contributed by atoms with Crippen molar-refractivity contribution in [2.24, 2.45) is 0 Å². The number of hydrogen-bond acceptors (Lipinski definition) is 7. The number of hydrogen-bond donors (Lipinski definition) is 1. The molecule has 1 aromatic carbocycles. The number of nitrogens with one attached hydrogen (secondary N) is 1. The molecule has 0 aliphatic carbocycles. The molecule has 0 fully saturated rings. The van der Waals surface area contributed by atoms with Gasteiger partial charge in [-0.25, -0.2) is 14.8 Å². The van der Waals surface area contributed by atoms with Crippen LogP contribution in [0.3, 0.4) is 0 Å². The van der Waals surface area contributed by atoms with Crippen LogP contribution in [0.4, 0.5) is 0 Å². The Morgan fingerprint density at radius 1 is 1.06 bits per heavy atom. The fourth-order valence-electron chi connectivity index (χ4n) is 3.82. The smallest absolute Gasteiger partial charge is 0.338 e. The molecule has 0 saturated heterocycles. The molecule has 3 heterocycles. The number of aromatic nitrogens is 4. The SMILES string of the molecule is COC(=O)c1cc(C)nc2nc(SCC(=O)c3cc(C)n(-c4ccccc4)c3C)[nH]c(=O)c12. The monoisotopic (exact) mass is 462 g/mol. The van der Waals surface area contributed by atoms with Crippen molar-refractivity contribution in [3.8, 4) is 5.69 Å². The van der Waals surface area contributed by atoms with E-state index in [2.05, 4.69) is 15.0 Å². The summed E-state index contributed by atoms with van der Waals surface area (Å²) >= 11 is 1.12. The number of pyridine rings is 1. The number of rotatable bonds is 6. The van der Waals surface area contributed by atoms with Gasteiger partial charge in [-0.1, -0.05) is 30.0 Å². The van der Waals surface area contributed by atoms with Crippen molar-refractivity contribution >= 4 is 34.5 Å². The highest BCUT2D eigenvalue weighted by molar-refractivity contribution is 7.99.